The molecule has 0 aliphatic rings. The lowest BCUT2D eigenvalue weighted by atomic mass is 10.0. The van der Waals surface area contributed by atoms with E-state index in [0.29, 0.717) is 6.42 Å². The summed E-state index contributed by atoms with van der Waals surface area (Å²) in [6.07, 6.45) is 45.0. The molecule has 43 heavy (non-hydrogen) atoms. The molecule has 0 spiro atoms. The molecule has 0 heterocycles. The monoisotopic (exact) mass is 606 g/mol. The van der Waals surface area contributed by atoms with Gasteiger partial charge < -0.3 is 15.5 Å². The van der Waals surface area contributed by atoms with E-state index >= 15 is 0 Å². The number of amides is 1. The van der Waals surface area contributed by atoms with Crippen molar-refractivity contribution in [1.82, 2.24) is 5.32 Å². The fourth-order valence-corrected chi connectivity index (χ4v) is 5.72. The van der Waals surface area contributed by atoms with E-state index in [-0.39, 0.29) is 12.5 Å². The van der Waals surface area contributed by atoms with E-state index in [9.17, 15) is 15.0 Å². The second kappa shape index (κ2) is 35.4. The van der Waals surface area contributed by atoms with Gasteiger partial charge in [0.25, 0.3) is 0 Å². The molecule has 0 saturated carbocycles. The second-order valence-corrected chi connectivity index (χ2v) is 13.0. The normalized spacial score (nSPS) is 13.3. The predicted octanol–water partition coefficient (Wildman–Crippen LogP) is 11.3. The van der Waals surface area contributed by atoms with Gasteiger partial charge in [0.15, 0.2) is 0 Å². The van der Waals surface area contributed by atoms with Gasteiger partial charge in [-0.2, -0.15) is 0 Å². The van der Waals surface area contributed by atoms with Crippen LogP contribution in [-0.4, -0.2) is 34.9 Å². The molecule has 0 aromatic carbocycles. The van der Waals surface area contributed by atoms with Crippen LogP contribution in [0.5, 0.6) is 0 Å². The summed E-state index contributed by atoms with van der Waals surface area (Å²) in [5.41, 5.74) is 0. The highest BCUT2D eigenvalue weighted by Crippen LogP contribution is 2.15. The minimum absolute atomic E-state index is 0.0988. The van der Waals surface area contributed by atoms with Crippen molar-refractivity contribution in [2.24, 2.45) is 0 Å². The van der Waals surface area contributed by atoms with E-state index in [1.54, 1.807) is 6.08 Å². The molecule has 254 valence electrons. The summed E-state index contributed by atoms with van der Waals surface area (Å²) in [5, 5.41) is 22.5. The number of rotatable bonds is 34. The summed E-state index contributed by atoms with van der Waals surface area (Å²) >= 11 is 0. The third kappa shape index (κ3) is 32.1. The molecule has 0 saturated heterocycles. The zero-order valence-corrected chi connectivity index (χ0v) is 29.0. The maximum atomic E-state index is 11.9. The van der Waals surface area contributed by atoms with Crippen molar-refractivity contribution in [3.63, 3.8) is 0 Å². The summed E-state index contributed by atoms with van der Waals surface area (Å²) in [4.78, 5) is 11.9. The molecular formula is C39H75NO3. The Morgan fingerprint density at radius 2 is 0.907 bits per heavy atom. The smallest absolute Gasteiger partial charge is 0.220 e. The Morgan fingerprint density at radius 3 is 1.35 bits per heavy atom. The quantitative estimate of drug-likeness (QED) is 0.0505. The first kappa shape index (κ1) is 41.9. The van der Waals surface area contributed by atoms with Gasteiger partial charge in [0.05, 0.1) is 18.8 Å². The van der Waals surface area contributed by atoms with Gasteiger partial charge in [0.2, 0.25) is 5.91 Å². The Kier molecular flexibility index (Phi) is 34.4. The van der Waals surface area contributed by atoms with Gasteiger partial charge in [-0.1, -0.05) is 186 Å². The van der Waals surface area contributed by atoms with E-state index < -0.39 is 12.1 Å². The number of aliphatic hydroxyl groups excluding tert-OH is 2. The maximum absolute atomic E-state index is 11.9. The number of unbranched alkanes of at least 4 members (excludes halogenated alkanes) is 25. The zero-order valence-electron chi connectivity index (χ0n) is 29.0. The lowest BCUT2D eigenvalue weighted by Crippen LogP contribution is -2.45. The minimum atomic E-state index is -0.854. The highest BCUT2D eigenvalue weighted by Gasteiger charge is 2.17. The fourth-order valence-electron chi connectivity index (χ4n) is 5.72. The topological polar surface area (TPSA) is 69.6 Å². The first-order valence-electron chi connectivity index (χ1n) is 19.1. The summed E-state index contributed by atoms with van der Waals surface area (Å²) < 4.78 is 0. The van der Waals surface area contributed by atoms with Gasteiger partial charge in [-0.05, 0) is 32.1 Å². The van der Waals surface area contributed by atoms with Crippen molar-refractivity contribution in [1.29, 1.82) is 0 Å². The van der Waals surface area contributed by atoms with Crippen molar-refractivity contribution < 1.29 is 15.0 Å². The number of nitrogens with one attached hydrogen (secondary N) is 1. The van der Waals surface area contributed by atoms with Gasteiger partial charge in [0.1, 0.15) is 0 Å². The SMILES string of the molecule is CCCCCCCCCCCCCCCCCCCCCCCC/C=C/CC/C=C/C(O)C(CO)NC(=O)CCCCC. The van der Waals surface area contributed by atoms with Gasteiger partial charge in [0, 0.05) is 6.42 Å². The third-order valence-electron chi connectivity index (χ3n) is 8.69. The Bertz CT molecular complexity index is 618. The molecule has 4 heteroatoms. The Hall–Kier alpha value is -1.13. The molecule has 3 N–H and O–H groups in total. The van der Waals surface area contributed by atoms with Crippen LogP contribution in [0.25, 0.3) is 0 Å². The van der Waals surface area contributed by atoms with Crippen LogP contribution in [0, 0.1) is 0 Å². The predicted molar refractivity (Wildman–Crippen MR) is 189 cm³/mol. The lowest BCUT2D eigenvalue weighted by Gasteiger charge is -2.19. The molecular weight excluding hydrogens is 530 g/mol. The van der Waals surface area contributed by atoms with Crippen LogP contribution in [0.2, 0.25) is 0 Å². The molecule has 0 aliphatic heterocycles. The van der Waals surface area contributed by atoms with E-state index in [1.807, 2.05) is 6.08 Å². The number of carbonyl (C=O) groups is 1. The average Bonchev–Trinajstić information content (AvgIpc) is 3.01. The van der Waals surface area contributed by atoms with Crippen molar-refractivity contribution in [3.05, 3.63) is 24.3 Å². The molecule has 0 aromatic rings. The number of hydrogen-bond acceptors (Lipinski definition) is 3. The van der Waals surface area contributed by atoms with Crippen molar-refractivity contribution in [2.45, 2.75) is 212 Å². The van der Waals surface area contributed by atoms with E-state index in [4.69, 9.17) is 0 Å². The maximum Gasteiger partial charge on any atom is 0.220 e. The molecule has 1 amide bonds. The second-order valence-electron chi connectivity index (χ2n) is 13.0. The zero-order chi connectivity index (χ0) is 31.5. The van der Waals surface area contributed by atoms with Crippen molar-refractivity contribution >= 4 is 5.91 Å². The lowest BCUT2D eigenvalue weighted by molar-refractivity contribution is -0.123. The third-order valence-corrected chi connectivity index (χ3v) is 8.69. The Morgan fingerprint density at radius 1 is 0.535 bits per heavy atom. The number of allylic oxidation sites excluding steroid dienone is 3. The standard InChI is InChI=1S/C39H75NO3/c1-3-5-7-8-9-10-11-12-13-14-15-16-17-18-19-20-21-22-23-24-25-26-27-28-29-30-31-33-34-38(42)37(36-41)40-39(43)35-32-6-4-2/h28-29,33-34,37-38,41-42H,3-27,30-32,35-36H2,1-2H3,(H,40,43)/b29-28+,34-33+. The molecule has 2 atom stereocenters. The van der Waals surface area contributed by atoms with Crippen LogP contribution in [0.3, 0.4) is 0 Å². The molecule has 0 fully saturated rings. The van der Waals surface area contributed by atoms with Crippen LogP contribution < -0.4 is 5.32 Å². The number of aliphatic hydroxyl groups is 2. The van der Waals surface area contributed by atoms with Crippen LogP contribution in [-0.2, 0) is 4.79 Å². The Balaban J connectivity index is 3.40. The highest BCUT2D eigenvalue weighted by molar-refractivity contribution is 5.76. The van der Waals surface area contributed by atoms with E-state index in [2.05, 4.69) is 31.3 Å². The molecule has 4 nitrogen and oxygen atoms in total. The van der Waals surface area contributed by atoms with E-state index in [0.717, 1.165) is 38.5 Å². The first-order valence-corrected chi connectivity index (χ1v) is 19.1. The average molecular weight is 606 g/mol. The van der Waals surface area contributed by atoms with Crippen LogP contribution in [0.1, 0.15) is 200 Å². The van der Waals surface area contributed by atoms with E-state index in [1.165, 1.54) is 141 Å². The van der Waals surface area contributed by atoms with Gasteiger partial charge in [-0.3, -0.25) is 4.79 Å². The van der Waals surface area contributed by atoms with Gasteiger partial charge in [-0.25, -0.2) is 0 Å². The molecule has 0 aromatic heterocycles. The molecule has 0 bridgehead atoms. The van der Waals surface area contributed by atoms with Gasteiger partial charge >= 0.3 is 0 Å². The molecule has 0 radical (unpaired) electrons. The summed E-state index contributed by atoms with van der Waals surface area (Å²) in [6, 6.07) is -0.630. The number of hydrogen-bond donors (Lipinski definition) is 3. The molecule has 0 aliphatic carbocycles. The van der Waals surface area contributed by atoms with Crippen LogP contribution in [0.15, 0.2) is 24.3 Å². The fraction of sp³-hybridized carbons (Fsp3) is 0.872. The van der Waals surface area contributed by atoms with Crippen LogP contribution >= 0.6 is 0 Å². The van der Waals surface area contributed by atoms with Crippen LogP contribution in [0.4, 0.5) is 0 Å². The highest BCUT2D eigenvalue weighted by atomic mass is 16.3. The largest absolute Gasteiger partial charge is 0.394 e. The summed E-state index contributed by atoms with van der Waals surface area (Å²) in [5.74, 6) is -0.0988. The Labute approximate surface area is 269 Å². The first-order chi connectivity index (χ1) is 21.2. The molecule has 2 unspecified atom stereocenters. The molecule has 0 rings (SSSR count). The van der Waals surface area contributed by atoms with Gasteiger partial charge in [-0.15, -0.1) is 0 Å². The minimum Gasteiger partial charge on any atom is -0.394 e. The van der Waals surface area contributed by atoms with Crippen molar-refractivity contribution in [3.8, 4) is 0 Å². The summed E-state index contributed by atoms with van der Waals surface area (Å²) in [6.45, 7) is 4.13. The number of carbonyl (C=O) groups excluding carboxylic acids is 1. The summed E-state index contributed by atoms with van der Waals surface area (Å²) in [7, 11) is 0. The van der Waals surface area contributed by atoms with Crippen molar-refractivity contribution in [2.75, 3.05) is 6.61 Å².